The van der Waals surface area contributed by atoms with Gasteiger partial charge in [0, 0.05) is 25.0 Å². The second kappa shape index (κ2) is 10.2. The zero-order chi connectivity index (χ0) is 21.8. The lowest BCUT2D eigenvalue weighted by molar-refractivity contribution is -0.133. The minimum absolute atomic E-state index is 0.159. The Morgan fingerprint density at radius 1 is 0.812 bits per heavy atom. The molecule has 2 aliphatic heterocycles. The summed E-state index contributed by atoms with van der Waals surface area (Å²) in [6.45, 7) is 5.16. The summed E-state index contributed by atoms with van der Waals surface area (Å²) in [5.41, 5.74) is 1.28. The Hall–Kier alpha value is -2.07. The van der Waals surface area contributed by atoms with Gasteiger partial charge in [-0.15, -0.1) is 0 Å². The molecule has 0 aromatic heterocycles. The molecule has 2 saturated heterocycles. The normalized spacial score (nSPS) is 23.2. The van der Waals surface area contributed by atoms with E-state index in [2.05, 4.69) is 46.2 Å². The lowest BCUT2D eigenvalue weighted by Crippen LogP contribution is -2.39. The number of carbonyl (C=O) groups excluding carboxylic acids is 1. The molecule has 1 atom stereocenters. The van der Waals surface area contributed by atoms with Crippen LogP contribution in [0.3, 0.4) is 0 Å². The first-order valence-corrected chi connectivity index (χ1v) is 12.9. The van der Waals surface area contributed by atoms with E-state index in [0.29, 0.717) is 11.9 Å². The summed E-state index contributed by atoms with van der Waals surface area (Å²) in [6.07, 6.45) is 12.2. The highest BCUT2D eigenvalue weighted by molar-refractivity contribution is 5.85. The molecule has 0 spiro atoms. The largest absolute Gasteiger partial charge is 0.492 e. The first-order chi connectivity index (χ1) is 15.8. The summed E-state index contributed by atoms with van der Waals surface area (Å²) in [6, 6.07) is 13.6. The quantitative estimate of drug-likeness (QED) is 0.583. The van der Waals surface area contributed by atoms with E-state index in [9.17, 15) is 4.79 Å². The summed E-state index contributed by atoms with van der Waals surface area (Å²) in [5, 5.41) is 2.45. The van der Waals surface area contributed by atoms with Gasteiger partial charge in [0.2, 0.25) is 5.91 Å². The van der Waals surface area contributed by atoms with Crippen molar-refractivity contribution in [1.82, 2.24) is 9.80 Å². The fourth-order valence-corrected chi connectivity index (χ4v) is 5.96. The number of carbonyl (C=O) groups is 1. The smallest absolute Gasteiger partial charge is 0.226 e. The maximum absolute atomic E-state index is 13.0. The van der Waals surface area contributed by atoms with Crippen molar-refractivity contribution in [1.29, 1.82) is 0 Å². The number of benzene rings is 2. The number of hydrogen-bond acceptors (Lipinski definition) is 3. The van der Waals surface area contributed by atoms with Crippen molar-refractivity contribution in [2.24, 2.45) is 5.92 Å². The molecule has 2 aromatic carbocycles. The summed E-state index contributed by atoms with van der Waals surface area (Å²) < 4.78 is 6.05. The highest BCUT2D eigenvalue weighted by Gasteiger charge is 2.36. The second-order valence-electron chi connectivity index (χ2n) is 10.1. The average Bonchev–Trinajstić information content (AvgIpc) is 3.20. The van der Waals surface area contributed by atoms with Crippen molar-refractivity contribution in [2.75, 3.05) is 32.8 Å². The predicted octanol–water partition coefficient (Wildman–Crippen LogP) is 5.43. The van der Waals surface area contributed by atoms with Crippen LogP contribution in [0.25, 0.3) is 10.8 Å². The summed E-state index contributed by atoms with van der Waals surface area (Å²) in [5.74, 6) is 1.51. The predicted molar refractivity (Wildman–Crippen MR) is 130 cm³/mol. The van der Waals surface area contributed by atoms with Gasteiger partial charge in [0.15, 0.2) is 0 Å². The van der Waals surface area contributed by atoms with Crippen molar-refractivity contribution in [2.45, 2.75) is 70.3 Å². The number of piperidine rings is 1. The number of fused-ring (bicyclic) bond motifs is 1. The monoisotopic (exact) mass is 434 g/mol. The Morgan fingerprint density at radius 2 is 1.56 bits per heavy atom. The molecular weight excluding hydrogens is 396 g/mol. The molecule has 1 aliphatic carbocycles. The fraction of sp³-hybridized carbons (Fsp3) is 0.607. The van der Waals surface area contributed by atoms with E-state index in [4.69, 9.17) is 4.74 Å². The van der Waals surface area contributed by atoms with Crippen LogP contribution in [-0.2, 0) is 11.2 Å². The van der Waals surface area contributed by atoms with Crippen LogP contribution in [0, 0.1) is 5.92 Å². The number of ether oxygens (including phenoxy) is 1. The van der Waals surface area contributed by atoms with Gasteiger partial charge in [0.05, 0.1) is 0 Å². The van der Waals surface area contributed by atoms with E-state index in [-0.39, 0.29) is 5.92 Å². The number of likely N-dealkylation sites (tertiary alicyclic amines) is 2. The number of amides is 1. The van der Waals surface area contributed by atoms with E-state index in [1.807, 2.05) is 0 Å². The standard InChI is InChI=1S/C28H38N2O2/c31-28-25(13-16-30(28)26-7-3-1-4-8-26)20-22-9-10-24-21-27(12-11-23(24)19-22)32-18-17-29-14-5-2-6-15-29/h9-12,19,21,25-26H,1-8,13-18,20H2. The molecule has 1 amide bonds. The van der Waals surface area contributed by atoms with E-state index in [1.165, 1.54) is 80.8 Å². The van der Waals surface area contributed by atoms with Crippen LogP contribution in [0.15, 0.2) is 36.4 Å². The van der Waals surface area contributed by atoms with Crippen LogP contribution >= 0.6 is 0 Å². The summed E-state index contributed by atoms with van der Waals surface area (Å²) in [7, 11) is 0. The van der Waals surface area contributed by atoms with Crippen molar-refractivity contribution in [3.8, 4) is 5.75 Å². The van der Waals surface area contributed by atoms with Gasteiger partial charge in [0.1, 0.15) is 12.4 Å². The van der Waals surface area contributed by atoms with Crippen LogP contribution in [0.1, 0.15) is 63.4 Å². The van der Waals surface area contributed by atoms with E-state index < -0.39 is 0 Å². The van der Waals surface area contributed by atoms with Gasteiger partial charge < -0.3 is 9.64 Å². The van der Waals surface area contributed by atoms with Gasteiger partial charge in [-0.25, -0.2) is 0 Å². The van der Waals surface area contributed by atoms with Gasteiger partial charge in [-0.2, -0.15) is 0 Å². The van der Waals surface area contributed by atoms with Crippen LogP contribution in [0.2, 0.25) is 0 Å². The van der Waals surface area contributed by atoms with Gasteiger partial charge in [-0.05, 0) is 80.1 Å². The van der Waals surface area contributed by atoms with Crippen molar-refractivity contribution < 1.29 is 9.53 Å². The van der Waals surface area contributed by atoms with Gasteiger partial charge in [-0.3, -0.25) is 9.69 Å². The molecule has 2 aromatic rings. The van der Waals surface area contributed by atoms with Crippen LogP contribution in [0.4, 0.5) is 0 Å². The second-order valence-corrected chi connectivity index (χ2v) is 10.1. The number of nitrogens with zero attached hydrogens (tertiary/aromatic N) is 2. The van der Waals surface area contributed by atoms with E-state index in [0.717, 1.165) is 38.3 Å². The maximum Gasteiger partial charge on any atom is 0.226 e. The Labute approximate surface area is 192 Å². The topological polar surface area (TPSA) is 32.8 Å². The SMILES string of the molecule is O=C1C(Cc2ccc3cc(OCCN4CCCCC4)ccc3c2)CCN1C1CCCCC1. The zero-order valence-electron chi connectivity index (χ0n) is 19.4. The lowest BCUT2D eigenvalue weighted by Gasteiger charge is -2.31. The third kappa shape index (κ3) is 5.11. The molecular formula is C28H38N2O2. The van der Waals surface area contributed by atoms with Crippen LogP contribution in [-0.4, -0.2) is 54.5 Å². The Balaban J connectivity index is 1.17. The number of rotatable bonds is 7. The first-order valence-electron chi connectivity index (χ1n) is 12.9. The van der Waals surface area contributed by atoms with E-state index >= 15 is 0 Å². The first kappa shape index (κ1) is 21.8. The average molecular weight is 435 g/mol. The Bertz CT molecular complexity index is 915. The molecule has 3 fully saturated rings. The van der Waals surface area contributed by atoms with Gasteiger partial charge >= 0.3 is 0 Å². The molecule has 3 aliphatic rings. The molecule has 0 radical (unpaired) electrons. The molecule has 32 heavy (non-hydrogen) atoms. The zero-order valence-corrected chi connectivity index (χ0v) is 19.4. The van der Waals surface area contributed by atoms with Gasteiger partial charge in [-0.1, -0.05) is 49.9 Å². The molecule has 4 heteroatoms. The van der Waals surface area contributed by atoms with Crippen molar-refractivity contribution in [3.63, 3.8) is 0 Å². The minimum Gasteiger partial charge on any atom is -0.492 e. The highest BCUT2D eigenvalue weighted by atomic mass is 16.5. The molecule has 1 saturated carbocycles. The third-order valence-electron chi connectivity index (χ3n) is 7.85. The Morgan fingerprint density at radius 3 is 2.41 bits per heavy atom. The Kier molecular flexibility index (Phi) is 6.97. The molecule has 172 valence electrons. The number of hydrogen-bond donors (Lipinski definition) is 0. The molecule has 2 heterocycles. The maximum atomic E-state index is 13.0. The van der Waals surface area contributed by atoms with Crippen LogP contribution in [0.5, 0.6) is 5.75 Å². The highest BCUT2D eigenvalue weighted by Crippen LogP contribution is 2.31. The molecule has 5 rings (SSSR count). The molecule has 0 N–H and O–H groups in total. The van der Waals surface area contributed by atoms with Crippen LogP contribution < -0.4 is 4.74 Å². The third-order valence-corrected chi connectivity index (χ3v) is 7.85. The minimum atomic E-state index is 0.159. The fourth-order valence-electron chi connectivity index (χ4n) is 5.96. The van der Waals surface area contributed by atoms with Crippen molar-refractivity contribution >= 4 is 16.7 Å². The molecule has 1 unspecified atom stereocenters. The van der Waals surface area contributed by atoms with Crippen molar-refractivity contribution in [3.05, 3.63) is 42.0 Å². The summed E-state index contributed by atoms with van der Waals surface area (Å²) >= 11 is 0. The lowest BCUT2D eigenvalue weighted by atomic mass is 9.93. The van der Waals surface area contributed by atoms with Gasteiger partial charge in [0.25, 0.3) is 0 Å². The molecule has 0 bridgehead atoms. The van der Waals surface area contributed by atoms with E-state index in [1.54, 1.807) is 0 Å². The summed E-state index contributed by atoms with van der Waals surface area (Å²) in [4.78, 5) is 17.8. The molecule has 4 nitrogen and oxygen atoms in total.